The number of benzene rings is 2. The van der Waals surface area contributed by atoms with Crippen molar-refractivity contribution in [3.8, 4) is 0 Å². The summed E-state index contributed by atoms with van der Waals surface area (Å²) in [6.07, 6.45) is 3.84. The van der Waals surface area contributed by atoms with Crippen LogP contribution < -0.4 is 0 Å². The summed E-state index contributed by atoms with van der Waals surface area (Å²) in [6, 6.07) is 10.9. The van der Waals surface area contributed by atoms with Crippen molar-refractivity contribution in [1.29, 1.82) is 0 Å². The lowest BCUT2D eigenvalue weighted by molar-refractivity contribution is -0.387. The minimum absolute atomic E-state index is 0.00430. The summed E-state index contributed by atoms with van der Waals surface area (Å²) >= 11 is 4.83. The third kappa shape index (κ3) is 5.98. The van der Waals surface area contributed by atoms with Gasteiger partial charge in [0.25, 0.3) is 5.69 Å². The van der Waals surface area contributed by atoms with Crippen LogP contribution in [0.15, 0.2) is 56.7 Å². The third-order valence-corrected chi connectivity index (χ3v) is 6.93. The first-order valence-corrected chi connectivity index (χ1v) is 11.9. The predicted molar refractivity (Wildman–Crippen MR) is 129 cm³/mol. The van der Waals surface area contributed by atoms with E-state index in [1.165, 1.54) is 30.8 Å². The van der Waals surface area contributed by atoms with Crippen LogP contribution in [0.5, 0.6) is 0 Å². The second kappa shape index (κ2) is 10.8. The molecule has 1 aliphatic heterocycles. The molecule has 0 unspecified atom stereocenters. The summed E-state index contributed by atoms with van der Waals surface area (Å²) in [4.78, 5) is 40.1. The zero-order chi connectivity index (χ0) is 23.3. The minimum Gasteiger partial charge on any atom is -0.339 e. The van der Waals surface area contributed by atoms with Crippen LogP contribution in [0.25, 0.3) is 6.08 Å². The van der Waals surface area contributed by atoms with E-state index in [2.05, 4.69) is 15.9 Å². The number of halogens is 1. The lowest BCUT2D eigenvalue weighted by atomic mass is 10.2. The lowest BCUT2D eigenvalue weighted by Crippen LogP contribution is -2.49. The fraction of sp³-hybridized carbons (Fsp3) is 0.304. The second-order valence-corrected chi connectivity index (χ2v) is 9.36. The lowest BCUT2D eigenvalue weighted by Gasteiger charge is -2.33. The highest BCUT2D eigenvalue weighted by Gasteiger charge is 2.21. The number of amides is 2. The van der Waals surface area contributed by atoms with Gasteiger partial charge in [-0.3, -0.25) is 19.7 Å². The predicted octanol–water partition coefficient (Wildman–Crippen LogP) is 4.77. The highest BCUT2D eigenvalue weighted by molar-refractivity contribution is 9.10. The topological polar surface area (TPSA) is 83.8 Å². The molecule has 0 aliphatic carbocycles. The molecule has 1 heterocycles. The normalized spacial score (nSPS) is 14.1. The summed E-state index contributed by atoms with van der Waals surface area (Å²) in [5, 5.41) is 11.7. The summed E-state index contributed by atoms with van der Waals surface area (Å²) in [5.74, 6) is -0.163. The average molecular weight is 518 g/mol. The first kappa shape index (κ1) is 24.0. The Morgan fingerprint density at radius 2 is 1.75 bits per heavy atom. The molecule has 0 radical (unpaired) electrons. The van der Waals surface area contributed by atoms with Gasteiger partial charge in [0.2, 0.25) is 11.8 Å². The standard InChI is InChI=1S/C23H24BrN3O4S/c1-3-18-15-19(24)6-8-21(18)32-22-7-4-17(14-20(22)27(30)31)5-9-23(29)26-12-10-25(11-13-26)16(2)28/h4-9,14-15H,3,10-13H2,1-2H3. The van der Waals surface area contributed by atoms with Gasteiger partial charge in [0.15, 0.2) is 0 Å². The summed E-state index contributed by atoms with van der Waals surface area (Å²) < 4.78 is 0.973. The van der Waals surface area contributed by atoms with Crippen LogP contribution >= 0.6 is 27.7 Å². The fourth-order valence-electron chi connectivity index (χ4n) is 3.42. The number of nitro benzene ring substituents is 1. The van der Waals surface area contributed by atoms with Gasteiger partial charge >= 0.3 is 0 Å². The van der Waals surface area contributed by atoms with E-state index in [0.717, 1.165) is 21.4 Å². The molecule has 0 bridgehead atoms. The van der Waals surface area contributed by atoms with Gasteiger partial charge in [-0.15, -0.1) is 0 Å². The maximum atomic E-state index is 12.5. The van der Waals surface area contributed by atoms with E-state index in [0.29, 0.717) is 36.6 Å². The molecule has 1 aliphatic rings. The molecular weight excluding hydrogens is 494 g/mol. The molecule has 168 valence electrons. The number of rotatable bonds is 6. The zero-order valence-corrected chi connectivity index (χ0v) is 20.3. The van der Waals surface area contributed by atoms with Crippen molar-refractivity contribution in [3.63, 3.8) is 0 Å². The quantitative estimate of drug-likeness (QED) is 0.313. The Hall–Kier alpha value is -2.65. The van der Waals surface area contributed by atoms with Gasteiger partial charge in [0, 0.05) is 54.6 Å². The molecule has 1 saturated heterocycles. The highest BCUT2D eigenvalue weighted by Crippen LogP contribution is 2.38. The van der Waals surface area contributed by atoms with Gasteiger partial charge in [-0.2, -0.15) is 0 Å². The minimum atomic E-state index is -0.396. The van der Waals surface area contributed by atoms with Crippen molar-refractivity contribution in [2.24, 2.45) is 0 Å². The van der Waals surface area contributed by atoms with Crippen LogP contribution in [0.3, 0.4) is 0 Å². The zero-order valence-electron chi connectivity index (χ0n) is 17.9. The Labute approximate surface area is 199 Å². The van der Waals surface area contributed by atoms with Gasteiger partial charge in [-0.05, 0) is 47.9 Å². The van der Waals surface area contributed by atoms with Crippen LogP contribution in [0.4, 0.5) is 5.69 Å². The van der Waals surface area contributed by atoms with Crippen molar-refractivity contribution in [1.82, 2.24) is 9.80 Å². The van der Waals surface area contributed by atoms with Crippen molar-refractivity contribution in [2.75, 3.05) is 26.2 Å². The van der Waals surface area contributed by atoms with Gasteiger partial charge in [-0.25, -0.2) is 0 Å². The SMILES string of the molecule is CCc1cc(Br)ccc1Sc1ccc(C=CC(=O)N2CCN(C(C)=O)CC2)cc1[N+](=O)[O-]. The summed E-state index contributed by atoms with van der Waals surface area (Å²) in [7, 11) is 0. The number of carbonyl (C=O) groups is 2. The number of piperazine rings is 1. The van der Waals surface area contributed by atoms with E-state index in [-0.39, 0.29) is 17.5 Å². The van der Waals surface area contributed by atoms with Gasteiger partial charge in [0.05, 0.1) is 9.82 Å². The van der Waals surface area contributed by atoms with Crippen LogP contribution in [0.2, 0.25) is 0 Å². The van der Waals surface area contributed by atoms with Crippen LogP contribution in [-0.4, -0.2) is 52.7 Å². The van der Waals surface area contributed by atoms with E-state index in [1.54, 1.807) is 28.0 Å². The maximum absolute atomic E-state index is 12.5. The molecule has 3 rings (SSSR count). The largest absolute Gasteiger partial charge is 0.339 e. The molecule has 32 heavy (non-hydrogen) atoms. The molecule has 2 amide bonds. The van der Waals surface area contributed by atoms with E-state index >= 15 is 0 Å². The Morgan fingerprint density at radius 1 is 1.09 bits per heavy atom. The third-order valence-electron chi connectivity index (χ3n) is 5.26. The molecule has 0 saturated carbocycles. The molecule has 0 aromatic heterocycles. The Bertz CT molecular complexity index is 1070. The van der Waals surface area contributed by atoms with Gasteiger partial charge in [-0.1, -0.05) is 40.7 Å². The first-order valence-electron chi connectivity index (χ1n) is 10.3. The Kier molecular flexibility index (Phi) is 8.09. The van der Waals surface area contributed by atoms with Crippen LogP contribution in [0, 0.1) is 10.1 Å². The number of nitrogens with zero attached hydrogens (tertiary/aromatic N) is 3. The molecule has 0 N–H and O–H groups in total. The van der Waals surface area contributed by atoms with Crippen molar-refractivity contribution >= 4 is 51.3 Å². The highest BCUT2D eigenvalue weighted by atomic mass is 79.9. The van der Waals surface area contributed by atoms with Gasteiger partial charge < -0.3 is 9.80 Å². The molecule has 0 atom stereocenters. The monoisotopic (exact) mass is 517 g/mol. The molecule has 2 aromatic carbocycles. The van der Waals surface area contributed by atoms with Crippen LogP contribution in [0.1, 0.15) is 25.0 Å². The Morgan fingerprint density at radius 3 is 2.38 bits per heavy atom. The van der Waals surface area contributed by atoms with Crippen molar-refractivity contribution in [2.45, 2.75) is 30.1 Å². The number of aryl methyl sites for hydroxylation is 1. The smallest absolute Gasteiger partial charge is 0.283 e. The molecular formula is C23H24BrN3O4S. The molecule has 7 nitrogen and oxygen atoms in total. The average Bonchev–Trinajstić information content (AvgIpc) is 2.79. The first-order chi connectivity index (χ1) is 15.3. The van der Waals surface area contributed by atoms with E-state index in [1.807, 2.05) is 25.1 Å². The van der Waals surface area contributed by atoms with E-state index in [4.69, 9.17) is 0 Å². The van der Waals surface area contributed by atoms with Crippen molar-refractivity contribution in [3.05, 3.63) is 68.2 Å². The number of hydrogen-bond donors (Lipinski definition) is 0. The summed E-state index contributed by atoms with van der Waals surface area (Å²) in [6.45, 7) is 5.55. The van der Waals surface area contributed by atoms with Crippen molar-refractivity contribution < 1.29 is 14.5 Å². The van der Waals surface area contributed by atoms with E-state index < -0.39 is 4.92 Å². The fourth-order valence-corrected chi connectivity index (χ4v) is 4.91. The van der Waals surface area contributed by atoms with Gasteiger partial charge in [0.1, 0.15) is 0 Å². The number of nitro groups is 1. The molecule has 9 heteroatoms. The van der Waals surface area contributed by atoms with E-state index in [9.17, 15) is 19.7 Å². The Balaban J connectivity index is 1.74. The maximum Gasteiger partial charge on any atom is 0.283 e. The summed E-state index contributed by atoms with van der Waals surface area (Å²) in [5.41, 5.74) is 1.70. The number of carbonyl (C=O) groups excluding carboxylic acids is 2. The van der Waals surface area contributed by atoms with Crippen LogP contribution in [-0.2, 0) is 16.0 Å². The molecule has 0 spiro atoms. The number of hydrogen-bond acceptors (Lipinski definition) is 5. The second-order valence-electron chi connectivity index (χ2n) is 7.36. The molecule has 1 fully saturated rings. The molecule has 2 aromatic rings.